The van der Waals surface area contributed by atoms with Crippen molar-refractivity contribution in [3.05, 3.63) is 54.0 Å². The minimum absolute atomic E-state index is 0.0835. The van der Waals surface area contributed by atoms with E-state index in [1.165, 1.54) is 11.2 Å². The van der Waals surface area contributed by atoms with Crippen LogP contribution in [-0.2, 0) is 16.1 Å². The average molecular weight is 341 g/mol. The summed E-state index contributed by atoms with van der Waals surface area (Å²) in [5, 5.41) is 11.7. The van der Waals surface area contributed by atoms with Gasteiger partial charge in [-0.3, -0.25) is 4.79 Å². The van der Waals surface area contributed by atoms with Gasteiger partial charge in [-0.05, 0) is 37.3 Å². The van der Waals surface area contributed by atoms with Crippen LogP contribution in [0.1, 0.15) is 24.7 Å². The normalized spacial score (nSPS) is 9.92. The number of esters is 1. The molecule has 0 radical (unpaired) electrons. The second-order valence-electron chi connectivity index (χ2n) is 5.18. The minimum atomic E-state index is -0.393. The Hall–Kier alpha value is -3.27. The predicted octanol–water partition coefficient (Wildman–Crippen LogP) is 3.14. The first-order valence-electron chi connectivity index (χ1n) is 7.86. The van der Waals surface area contributed by atoms with Crippen molar-refractivity contribution in [3.63, 3.8) is 0 Å². The van der Waals surface area contributed by atoms with E-state index in [1.54, 1.807) is 43.3 Å². The van der Waals surface area contributed by atoms with Crippen molar-refractivity contribution in [2.24, 2.45) is 0 Å². The van der Waals surface area contributed by atoms with Crippen molar-refractivity contribution in [2.75, 3.05) is 18.5 Å². The Balaban J connectivity index is 2.05. The van der Waals surface area contributed by atoms with E-state index in [4.69, 9.17) is 14.4 Å². The quantitative estimate of drug-likeness (QED) is 0.781. The van der Waals surface area contributed by atoms with Crippen molar-refractivity contribution in [1.82, 2.24) is 4.90 Å². The average Bonchev–Trinajstić information content (AvgIpc) is 3.12. The highest BCUT2D eigenvalue weighted by Crippen LogP contribution is 2.13. The highest BCUT2D eigenvalue weighted by atomic mass is 16.5. The van der Waals surface area contributed by atoms with E-state index in [2.05, 4.69) is 5.32 Å². The van der Waals surface area contributed by atoms with Gasteiger partial charge in [0.1, 0.15) is 5.76 Å². The number of nitriles is 1. The van der Waals surface area contributed by atoms with E-state index >= 15 is 0 Å². The van der Waals surface area contributed by atoms with Crippen LogP contribution in [0.15, 0.2) is 47.1 Å². The molecule has 1 N–H and O–H groups in total. The van der Waals surface area contributed by atoms with Gasteiger partial charge in [0.15, 0.2) is 0 Å². The molecule has 2 rings (SSSR count). The predicted molar refractivity (Wildman–Crippen MR) is 90.5 cm³/mol. The molecule has 1 heterocycles. The SMILES string of the molecule is CCOC(=O)CCN(Cc1ccco1)C(=O)Nc1cccc(C#N)c1. The van der Waals surface area contributed by atoms with Gasteiger partial charge in [0.2, 0.25) is 0 Å². The fraction of sp³-hybridized carbons (Fsp3) is 0.278. The summed E-state index contributed by atoms with van der Waals surface area (Å²) in [4.78, 5) is 25.6. The molecule has 130 valence electrons. The smallest absolute Gasteiger partial charge is 0.322 e. The Morgan fingerprint density at radius 3 is 2.84 bits per heavy atom. The summed E-state index contributed by atoms with van der Waals surface area (Å²) in [7, 11) is 0. The van der Waals surface area contributed by atoms with Gasteiger partial charge in [-0.1, -0.05) is 6.07 Å². The van der Waals surface area contributed by atoms with Crippen molar-refractivity contribution >= 4 is 17.7 Å². The molecular formula is C18H19N3O4. The van der Waals surface area contributed by atoms with Crippen LogP contribution in [0.25, 0.3) is 0 Å². The van der Waals surface area contributed by atoms with Crippen LogP contribution < -0.4 is 5.32 Å². The lowest BCUT2D eigenvalue weighted by atomic mass is 10.2. The number of rotatable bonds is 7. The summed E-state index contributed by atoms with van der Waals surface area (Å²) in [5.74, 6) is 0.232. The number of carbonyl (C=O) groups excluding carboxylic acids is 2. The van der Waals surface area contributed by atoms with E-state index in [9.17, 15) is 9.59 Å². The van der Waals surface area contributed by atoms with Gasteiger partial charge in [-0.15, -0.1) is 0 Å². The van der Waals surface area contributed by atoms with E-state index in [0.29, 0.717) is 23.6 Å². The van der Waals surface area contributed by atoms with E-state index in [0.717, 1.165) is 0 Å². The molecule has 0 bridgehead atoms. The molecule has 7 nitrogen and oxygen atoms in total. The maximum atomic E-state index is 12.5. The number of amides is 2. The molecule has 0 unspecified atom stereocenters. The zero-order chi connectivity index (χ0) is 18.1. The molecule has 1 aromatic carbocycles. The fourth-order valence-electron chi connectivity index (χ4n) is 2.17. The third-order valence-corrected chi connectivity index (χ3v) is 3.35. The maximum absolute atomic E-state index is 12.5. The van der Waals surface area contributed by atoms with Crippen molar-refractivity contribution in [1.29, 1.82) is 5.26 Å². The van der Waals surface area contributed by atoms with Crippen molar-refractivity contribution in [2.45, 2.75) is 19.9 Å². The highest BCUT2D eigenvalue weighted by molar-refractivity contribution is 5.89. The molecule has 0 saturated carbocycles. The highest BCUT2D eigenvalue weighted by Gasteiger charge is 2.17. The number of benzene rings is 1. The first-order chi connectivity index (χ1) is 12.1. The molecule has 0 fully saturated rings. The van der Waals surface area contributed by atoms with Gasteiger partial charge >= 0.3 is 12.0 Å². The summed E-state index contributed by atoms with van der Waals surface area (Å²) < 4.78 is 10.2. The van der Waals surface area contributed by atoms with Gasteiger partial charge in [0, 0.05) is 12.2 Å². The van der Waals surface area contributed by atoms with E-state index in [-0.39, 0.29) is 25.5 Å². The largest absolute Gasteiger partial charge is 0.467 e. The number of hydrogen-bond donors (Lipinski definition) is 1. The van der Waals surface area contributed by atoms with Gasteiger partial charge in [0.25, 0.3) is 0 Å². The molecule has 2 amide bonds. The van der Waals surface area contributed by atoms with Gasteiger partial charge in [-0.2, -0.15) is 5.26 Å². The number of nitrogens with zero attached hydrogens (tertiary/aromatic N) is 2. The standard InChI is InChI=1S/C18H19N3O4/c1-2-24-17(22)8-9-21(13-16-7-4-10-25-16)18(23)20-15-6-3-5-14(11-15)12-19/h3-7,10-11H,2,8-9,13H2,1H3,(H,20,23). The lowest BCUT2D eigenvalue weighted by molar-refractivity contribution is -0.143. The summed E-state index contributed by atoms with van der Waals surface area (Å²) in [6, 6.07) is 11.7. The second-order valence-corrected chi connectivity index (χ2v) is 5.18. The van der Waals surface area contributed by atoms with Crippen LogP contribution in [0.5, 0.6) is 0 Å². The second kappa shape index (κ2) is 9.13. The number of urea groups is 1. The number of ether oxygens (including phenoxy) is 1. The number of hydrogen-bond acceptors (Lipinski definition) is 5. The molecule has 0 aliphatic heterocycles. The third-order valence-electron chi connectivity index (χ3n) is 3.35. The summed E-state index contributed by atoms with van der Waals surface area (Å²) in [6.07, 6.45) is 1.60. The Labute approximate surface area is 145 Å². The molecular weight excluding hydrogens is 322 g/mol. The van der Waals surface area contributed by atoms with Crippen LogP contribution in [-0.4, -0.2) is 30.1 Å². The Bertz CT molecular complexity index is 750. The molecule has 0 aliphatic carbocycles. The zero-order valence-electron chi connectivity index (χ0n) is 13.9. The third kappa shape index (κ3) is 5.70. The van der Waals surface area contributed by atoms with Crippen molar-refractivity contribution in [3.8, 4) is 6.07 Å². The lowest BCUT2D eigenvalue weighted by Crippen LogP contribution is -2.36. The van der Waals surface area contributed by atoms with Crippen LogP contribution in [0.4, 0.5) is 10.5 Å². The molecule has 1 aromatic heterocycles. The molecule has 7 heteroatoms. The fourth-order valence-corrected chi connectivity index (χ4v) is 2.17. The Morgan fingerprint density at radius 1 is 1.32 bits per heavy atom. The van der Waals surface area contributed by atoms with Crippen LogP contribution in [0, 0.1) is 11.3 Å². The molecule has 0 atom stereocenters. The number of furan rings is 1. The molecule has 2 aromatic rings. The Kier molecular flexibility index (Phi) is 6.60. The molecule has 0 spiro atoms. The van der Waals surface area contributed by atoms with Gasteiger partial charge < -0.3 is 19.4 Å². The van der Waals surface area contributed by atoms with Crippen molar-refractivity contribution < 1.29 is 18.7 Å². The summed E-state index contributed by atoms with van der Waals surface area (Å²) in [5.41, 5.74) is 0.950. The topological polar surface area (TPSA) is 95.6 Å². The van der Waals surface area contributed by atoms with Crippen LogP contribution in [0.3, 0.4) is 0 Å². The number of nitrogens with one attached hydrogen (secondary N) is 1. The van der Waals surface area contributed by atoms with Crippen LogP contribution >= 0.6 is 0 Å². The summed E-state index contributed by atoms with van der Waals surface area (Å²) in [6.45, 7) is 2.43. The Morgan fingerprint density at radius 2 is 2.16 bits per heavy atom. The van der Waals surface area contributed by atoms with E-state index in [1.807, 2.05) is 6.07 Å². The molecule has 25 heavy (non-hydrogen) atoms. The van der Waals surface area contributed by atoms with E-state index < -0.39 is 6.03 Å². The monoisotopic (exact) mass is 341 g/mol. The minimum Gasteiger partial charge on any atom is -0.467 e. The summed E-state index contributed by atoms with van der Waals surface area (Å²) >= 11 is 0. The first-order valence-corrected chi connectivity index (χ1v) is 7.86. The zero-order valence-corrected chi connectivity index (χ0v) is 13.9. The number of anilines is 1. The molecule has 0 saturated heterocycles. The van der Waals surface area contributed by atoms with Gasteiger partial charge in [0.05, 0.1) is 37.5 Å². The number of carbonyl (C=O) groups is 2. The van der Waals surface area contributed by atoms with Crippen LogP contribution in [0.2, 0.25) is 0 Å². The first kappa shape index (κ1) is 18.1. The lowest BCUT2D eigenvalue weighted by Gasteiger charge is -2.22. The molecule has 0 aliphatic rings. The maximum Gasteiger partial charge on any atom is 0.322 e. The van der Waals surface area contributed by atoms with Gasteiger partial charge in [-0.25, -0.2) is 4.79 Å².